The number of hydrogen-bond donors (Lipinski definition) is 1. The van der Waals surface area contributed by atoms with Gasteiger partial charge < -0.3 is 9.57 Å². The topological polar surface area (TPSA) is 96.4 Å². The van der Waals surface area contributed by atoms with E-state index < -0.39 is 10.0 Å². The van der Waals surface area contributed by atoms with E-state index in [1.807, 2.05) is 0 Å². The molecule has 1 aromatic heterocycles. The van der Waals surface area contributed by atoms with E-state index in [1.54, 1.807) is 6.92 Å². The van der Waals surface area contributed by atoms with Gasteiger partial charge in [-0.2, -0.15) is 0 Å². The second kappa shape index (κ2) is 3.84. The van der Waals surface area contributed by atoms with E-state index in [4.69, 9.17) is 9.88 Å². The summed E-state index contributed by atoms with van der Waals surface area (Å²) in [5.74, 6) is 0.0804. The van der Waals surface area contributed by atoms with Crippen LogP contribution in [0.5, 0.6) is 5.75 Å². The number of sulfonamides is 1. The zero-order valence-corrected chi connectivity index (χ0v) is 8.61. The van der Waals surface area contributed by atoms with Gasteiger partial charge in [-0.25, -0.2) is 13.6 Å². The first-order valence-electron chi connectivity index (χ1n) is 3.78. The van der Waals surface area contributed by atoms with E-state index in [-0.39, 0.29) is 10.8 Å². The van der Waals surface area contributed by atoms with Crippen molar-refractivity contribution in [2.24, 2.45) is 5.14 Å². The molecular formula is C6H11N3O4S. The third-order valence-corrected chi connectivity index (χ3v) is 2.30. The molecule has 0 bridgehead atoms. The first-order valence-corrected chi connectivity index (χ1v) is 5.33. The Morgan fingerprint density at radius 3 is 2.71 bits per heavy atom. The zero-order valence-electron chi connectivity index (χ0n) is 7.80. The second-order valence-corrected chi connectivity index (χ2v) is 3.82. The highest BCUT2D eigenvalue weighted by atomic mass is 32.2. The highest BCUT2D eigenvalue weighted by Crippen LogP contribution is 2.20. The highest BCUT2D eigenvalue weighted by Gasteiger charge is 2.23. The van der Waals surface area contributed by atoms with Crippen molar-refractivity contribution in [3.05, 3.63) is 6.20 Å². The predicted molar refractivity (Wildman–Crippen MR) is 47.3 cm³/mol. The van der Waals surface area contributed by atoms with Crippen molar-refractivity contribution >= 4 is 10.0 Å². The molecule has 0 fully saturated rings. The minimum absolute atomic E-state index is 0.0804. The van der Waals surface area contributed by atoms with Gasteiger partial charge in [0, 0.05) is 0 Å². The molecule has 0 saturated heterocycles. The molecule has 0 aliphatic heterocycles. The highest BCUT2D eigenvalue weighted by molar-refractivity contribution is 7.89. The Labute approximate surface area is 81.4 Å². The predicted octanol–water partition coefficient (Wildman–Crippen LogP) is -1.01. The average molecular weight is 221 g/mol. The molecular weight excluding hydrogens is 210 g/mol. The van der Waals surface area contributed by atoms with Crippen molar-refractivity contribution < 1.29 is 18.0 Å². The maximum absolute atomic E-state index is 11.1. The molecule has 0 unspecified atom stereocenters. The van der Waals surface area contributed by atoms with Crippen LogP contribution in [0.1, 0.15) is 6.92 Å². The summed E-state index contributed by atoms with van der Waals surface area (Å²) in [7, 11) is -2.63. The van der Waals surface area contributed by atoms with Crippen molar-refractivity contribution in [2.45, 2.75) is 11.9 Å². The van der Waals surface area contributed by atoms with Crippen LogP contribution in [0.4, 0.5) is 0 Å². The fourth-order valence-corrected chi connectivity index (χ4v) is 1.67. The Bertz CT molecular complexity index is 411. The van der Waals surface area contributed by atoms with Crippen LogP contribution in [0.15, 0.2) is 11.2 Å². The minimum atomic E-state index is -3.90. The Balaban J connectivity index is 3.27. The molecule has 2 N–H and O–H groups in total. The fraction of sp³-hybridized carbons (Fsp3) is 0.500. The van der Waals surface area contributed by atoms with Gasteiger partial charge in [0.05, 0.1) is 12.8 Å². The molecule has 0 spiro atoms. The standard InChI is InChI=1S/C6H11N3O4S/c1-3-13-5-4-8-9(12-2)6(5)14(7,10)11/h4H,3H2,1-2H3,(H2,7,10,11). The summed E-state index contributed by atoms with van der Waals surface area (Å²) in [6, 6.07) is 0. The minimum Gasteiger partial charge on any atom is -0.489 e. The molecule has 7 nitrogen and oxygen atoms in total. The fourth-order valence-electron chi connectivity index (χ4n) is 0.940. The zero-order chi connectivity index (χ0) is 10.8. The summed E-state index contributed by atoms with van der Waals surface area (Å²) in [6.07, 6.45) is 1.23. The van der Waals surface area contributed by atoms with Crippen LogP contribution in [0.3, 0.4) is 0 Å². The van der Waals surface area contributed by atoms with Crippen molar-refractivity contribution in [1.29, 1.82) is 0 Å². The molecule has 1 heterocycles. The lowest BCUT2D eigenvalue weighted by atomic mass is 10.6. The first-order chi connectivity index (χ1) is 6.50. The monoisotopic (exact) mass is 221 g/mol. The maximum atomic E-state index is 11.1. The quantitative estimate of drug-likeness (QED) is 0.702. The van der Waals surface area contributed by atoms with Crippen LogP contribution < -0.4 is 14.7 Å². The summed E-state index contributed by atoms with van der Waals surface area (Å²) in [5.41, 5.74) is 0. The van der Waals surface area contributed by atoms with Gasteiger partial charge in [0.15, 0.2) is 5.75 Å². The van der Waals surface area contributed by atoms with Crippen LogP contribution in [0, 0.1) is 0 Å². The van der Waals surface area contributed by atoms with Gasteiger partial charge in [-0.15, -0.1) is 5.10 Å². The van der Waals surface area contributed by atoms with Gasteiger partial charge in [0.2, 0.25) is 0 Å². The van der Waals surface area contributed by atoms with Gasteiger partial charge in [0.1, 0.15) is 7.11 Å². The third kappa shape index (κ3) is 1.96. The first kappa shape index (κ1) is 10.8. The Morgan fingerprint density at radius 2 is 2.29 bits per heavy atom. The lowest BCUT2D eigenvalue weighted by molar-refractivity contribution is 0.109. The second-order valence-electron chi connectivity index (χ2n) is 2.35. The van der Waals surface area contributed by atoms with Crippen molar-refractivity contribution in [1.82, 2.24) is 9.94 Å². The summed E-state index contributed by atoms with van der Waals surface area (Å²) >= 11 is 0. The molecule has 0 aliphatic carbocycles. The molecule has 14 heavy (non-hydrogen) atoms. The van der Waals surface area contributed by atoms with Gasteiger partial charge in [-0.05, 0) is 6.92 Å². The maximum Gasteiger partial charge on any atom is 0.262 e. The van der Waals surface area contributed by atoms with Crippen LogP contribution >= 0.6 is 0 Å². The normalized spacial score (nSPS) is 11.4. The van der Waals surface area contributed by atoms with Gasteiger partial charge in [-0.1, -0.05) is 4.85 Å². The number of rotatable bonds is 4. The number of nitrogens with two attached hydrogens (primary N) is 1. The smallest absolute Gasteiger partial charge is 0.262 e. The molecule has 8 heteroatoms. The van der Waals surface area contributed by atoms with Gasteiger partial charge >= 0.3 is 0 Å². The molecule has 1 aromatic rings. The Morgan fingerprint density at radius 1 is 1.64 bits per heavy atom. The summed E-state index contributed by atoms with van der Waals surface area (Å²) in [6.45, 7) is 2.04. The largest absolute Gasteiger partial charge is 0.489 e. The Kier molecular flexibility index (Phi) is 2.96. The van der Waals surface area contributed by atoms with E-state index in [9.17, 15) is 8.42 Å². The molecule has 80 valence electrons. The molecule has 0 aromatic carbocycles. The van der Waals surface area contributed by atoms with E-state index in [2.05, 4.69) is 9.94 Å². The molecule has 0 aliphatic rings. The third-order valence-electron chi connectivity index (χ3n) is 1.41. The van der Waals surface area contributed by atoms with Crippen LogP contribution in [0.25, 0.3) is 0 Å². The summed E-state index contributed by atoms with van der Waals surface area (Å²) in [4.78, 5) is 5.46. The van der Waals surface area contributed by atoms with Crippen LogP contribution in [0.2, 0.25) is 0 Å². The molecule has 1 rings (SSSR count). The SMILES string of the molecule is CCOc1cnn(OC)c1S(N)(=O)=O. The van der Waals surface area contributed by atoms with E-state index in [0.29, 0.717) is 6.61 Å². The lowest BCUT2D eigenvalue weighted by Gasteiger charge is -2.04. The average Bonchev–Trinajstić information content (AvgIpc) is 2.47. The lowest BCUT2D eigenvalue weighted by Crippen LogP contribution is -2.21. The summed E-state index contributed by atoms with van der Waals surface area (Å²) < 4.78 is 27.3. The summed E-state index contributed by atoms with van der Waals surface area (Å²) in [5, 5.41) is 8.30. The van der Waals surface area contributed by atoms with Crippen LogP contribution in [-0.2, 0) is 10.0 Å². The molecule has 0 atom stereocenters. The Hall–Kier alpha value is -1.28. The van der Waals surface area contributed by atoms with E-state index in [1.165, 1.54) is 13.3 Å². The number of aromatic nitrogens is 2. The number of primary sulfonamides is 1. The van der Waals surface area contributed by atoms with Crippen molar-refractivity contribution in [3.8, 4) is 5.75 Å². The molecule has 0 radical (unpaired) electrons. The van der Waals surface area contributed by atoms with Crippen molar-refractivity contribution in [2.75, 3.05) is 13.7 Å². The van der Waals surface area contributed by atoms with E-state index >= 15 is 0 Å². The molecule has 0 saturated carbocycles. The van der Waals surface area contributed by atoms with Crippen molar-refractivity contribution in [3.63, 3.8) is 0 Å². The van der Waals surface area contributed by atoms with Crippen LogP contribution in [-0.4, -0.2) is 32.1 Å². The molecule has 0 amide bonds. The number of ether oxygens (including phenoxy) is 1. The van der Waals surface area contributed by atoms with Gasteiger partial charge in [0.25, 0.3) is 15.0 Å². The van der Waals surface area contributed by atoms with Gasteiger partial charge in [-0.3, -0.25) is 0 Å². The number of hydrogen-bond acceptors (Lipinski definition) is 5. The van der Waals surface area contributed by atoms with E-state index in [0.717, 1.165) is 4.85 Å². The number of nitrogens with zero attached hydrogens (tertiary/aromatic N) is 2.